The Bertz CT molecular complexity index is 558. The van der Waals surface area contributed by atoms with Gasteiger partial charge in [0.25, 0.3) is 0 Å². The first-order chi connectivity index (χ1) is 10.4. The zero-order valence-corrected chi connectivity index (χ0v) is 14.3. The van der Waals surface area contributed by atoms with Gasteiger partial charge in [0, 0.05) is 17.7 Å². The molecule has 22 heavy (non-hydrogen) atoms. The molecule has 0 bridgehead atoms. The summed E-state index contributed by atoms with van der Waals surface area (Å²) in [5.41, 5.74) is 1.92. The minimum Gasteiger partial charge on any atom is -0.473 e. The fraction of sp³-hybridized carbons (Fsp3) is 0.312. The van der Waals surface area contributed by atoms with E-state index in [4.69, 9.17) is 39.9 Å². The lowest BCUT2D eigenvalue weighted by Crippen LogP contribution is -2.08. The zero-order chi connectivity index (χ0) is 16.6. The topological polar surface area (TPSA) is 50.4 Å². The quantitative estimate of drug-likeness (QED) is 0.619. The lowest BCUT2D eigenvalue weighted by molar-refractivity contribution is 0.101. The summed E-state index contributed by atoms with van der Waals surface area (Å²) >= 11 is 17.6. The van der Waals surface area contributed by atoms with Crippen molar-refractivity contribution in [1.29, 1.82) is 0 Å². The summed E-state index contributed by atoms with van der Waals surface area (Å²) in [6.07, 6.45) is 4.38. The van der Waals surface area contributed by atoms with Crippen molar-refractivity contribution in [2.45, 2.75) is 23.6 Å². The van der Waals surface area contributed by atoms with Crippen LogP contribution in [0.25, 0.3) is 0 Å². The van der Waals surface area contributed by atoms with Crippen molar-refractivity contribution in [3.63, 3.8) is 0 Å². The first-order valence-electron chi connectivity index (χ1n) is 6.65. The molecule has 0 spiro atoms. The van der Waals surface area contributed by atoms with E-state index in [1.54, 1.807) is 30.7 Å². The van der Waals surface area contributed by atoms with Crippen LogP contribution in [0.1, 0.15) is 34.8 Å². The molecule has 1 heterocycles. The fourth-order valence-corrected chi connectivity index (χ4v) is 2.35. The molecule has 0 saturated heterocycles. The van der Waals surface area contributed by atoms with Gasteiger partial charge in [0.1, 0.15) is 0 Å². The van der Waals surface area contributed by atoms with E-state index in [0.717, 1.165) is 5.56 Å². The van der Waals surface area contributed by atoms with Gasteiger partial charge in [0.05, 0.1) is 12.5 Å². The van der Waals surface area contributed by atoms with Gasteiger partial charge in [-0.05, 0) is 43.5 Å². The fourth-order valence-electron chi connectivity index (χ4n) is 1.79. The maximum atomic E-state index is 11.3. The number of furan rings is 1. The van der Waals surface area contributed by atoms with E-state index in [-0.39, 0.29) is 12.4 Å². The number of carbonyl (C=O) groups is 1. The lowest BCUT2D eigenvalue weighted by atomic mass is 9.99. The number of carbonyl (C=O) groups excluding carboxylic acids is 1. The minimum atomic E-state index is -1.51. The third kappa shape index (κ3) is 6.41. The number of halogens is 3. The normalized spacial score (nSPS) is 10.8. The lowest BCUT2D eigenvalue weighted by Gasteiger charge is -2.17. The number of aliphatic hydroxyl groups is 1. The Morgan fingerprint density at radius 1 is 1.23 bits per heavy atom. The number of ketones is 1. The van der Waals surface area contributed by atoms with Gasteiger partial charge in [-0.15, -0.1) is 0 Å². The second-order valence-corrected chi connectivity index (χ2v) is 6.83. The van der Waals surface area contributed by atoms with Gasteiger partial charge >= 0.3 is 0 Å². The number of hydrogen-bond acceptors (Lipinski definition) is 3. The number of Topliss-reactive ketones (excluding diaryl/α,β-unsaturated/α-hetero) is 1. The number of aryl methyl sites for hydroxylation is 1. The van der Waals surface area contributed by atoms with Gasteiger partial charge in [-0.25, -0.2) is 0 Å². The molecule has 0 unspecified atom stereocenters. The molecule has 0 amide bonds. The molecule has 6 heteroatoms. The Balaban J connectivity index is 0.000000406. The molecule has 0 radical (unpaired) electrons. The molecule has 2 aromatic rings. The summed E-state index contributed by atoms with van der Waals surface area (Å²) in [5, 5.41) is 8.83. The Hall–Kier alpha value is -1.00. The molecule has 3 nitrogen and oxygen atoms in total. The molecule has 0 aliphatic heterocycles. The number of rotatable bonds is 4. The molecule has 0 fully saturated rings. The number of hydrogen-bond donors (Lipinski definition) is 1. The second-order valence-electron chi connectivity index (χ2n) is 4.55. The van der Waals surface area contributed by atoms with E-state index < -0.39 is 3.79 Å². The van der Waals surface area contributed by atoms with Crippen LogP contribution in [0.15, 0.2) is 47.3 Å². The van der Waals surface area contributed by atoms with Crippen molar-refractivity contribution in [1.82, 2.24) is 0 Å². The smallest absolute Gasteiger partial charge is 0.216 e. The molecular weight excluding hydrogens is 347 g/mol. The van der Waals surface area contributed by atoms with Gasteiger partial charge in [-0.2, -0.15) is 0 Å². The van der Waals surface area contributed by atoms with Crippen LogP contribution < -0.4 is 0 Å². The van der Waals surface area contributed by atoms with Crippen LogP contribution in [-0.2, 0) is 10.2 Å². The monoisotopic (exact) mass is 362 g/mol. The van der Waals surface area contributed by atoms with Crippen LogP contribution in [-0.4, -0.2) is 17.5 Å². The SMILES string of the molecule is CC(=O)c1ccc(C(Cl)(Cl)Cl)c(CCCO)c1.c1ccoc1. The third-order valence-corrected chi connectivity index (χ3v) is 3.46. The highest BCUT2D eigenvalue weighted by Crippen LogP contribution is 2.40. The second kappa shape index (κ2) is 9.21. The summed E-state index contributed by atoms with van der Waals surface area (Å²) in [6.45, 7) is 1.55. The Morgan fingerprint density at radius 2 is 1.86 bits per heavy atom. The van der Waals surface area contributed by atoms with E-state index in [1.165, 1.54) is 6.92 Å². The predicted octanol–water partition coefficient (Wildman–Crippen LogP) is 4.92. The van der Waals surface area contributed by atoms with Crippen molar-refractivity contribution in [2.75, 3.05) is 6.61 Å². The highest BCUT2D eigenvalue weighted by molar-refractivity contribution is 6.66. The van der Waals surface area contributed by atoms with Gasteiger partial charge < -0.3 is 9.52 Å². The number of benzene rings is 1. The molecule has 2 rings (SSSR count). The maximum Gasteiger partial charge on any atom is 0.216 e. The summed E-state index contributed by atoms with van der Waals surface area (Å²) < 4.78 is 3.07. The molecule has 1 aromatic carbocycles. The maximum absolute atomic E-state index is 11.3. The van der Waals surface area contributed by atoms with Gasteiger partial charge in [-0.3, -0.25) is 4.79 Å². The van der Waals surface area contributed by atoms with E-state index >= 15 is 0 Å². The van der Waals surface area contributed by atoms with Crippen LogP contribution in [0.2, 0.25) is 0 Å². The van der Waals surface area contributed by atoms with Gasteiger partial charge in [0.2, 0.25) is 3.79 Å². The minimum absolute atomic E-state index is 0.0360. The third-order valence-electron chi connectivity index (χ3n) is 2.85. The first-order valence-corrected chi connectivity index (χ1v) is 7.78. The Labute approximate surface area is 144 Å². The summed E-state index contributed by atoms with van der Waals surface area (Å²) in [7, 11) is 0. The molecule has 0 atom stereocenters. The molecule has 1 N–H and O–H groups in total. The molecular formula is C16H17Cl3O3. The van der Waals surface area contributed by atoms with Crippen molar-refractivity contribution < 1.29 is 14.3 Å². The van der Waals surface area contributed by atoms with E-state index in [9.17, 15) is 4.79 Å². The van der Waals surface area contributed by atoms with Crippen LogP contribution in [0.3, 0.4) is 0 Å². The Kier molecular flexibility index (Phi) is 7.97. The molecule has 120 valence electrons. The van der Waals surface area contributed by atoms with E-state index in [1.807, 2.05) is 12.1 Å². The molecule has 1 aromatic heterocycles. The zero-order valence-electron chi connectivity index (χ0n) is 12.1. The molecule has 0 aliphatic carbocycles. The number of aliphatic hydroxyl groups excluding tert-OH is 1. The van der Waals surface area contributed by atoms with Gasteiger partial charge in [-0.1, -0.05) is 46.9 Å². The van der Waals surface area contributed by atoms with Crippen LogP contribution >= 0.6 is 34.8 Å². The standard InChI is InChI=1S/C12H13Cl3O2.C4H4O/c1-8(17)9-4-5-11(12(13,14)15)10(7-9)3-2-6-16;1-2-4-5-3-1/h4-5,7,16H,2-3,6H2,1H3;1-4H. The van der Waals surface area contributed by atoms with Crippen molar-refractivity contribution in [2.24, 2.45) is 0 Å². The van der Waals surface area contributed by atoms with Crippen LogP contribution in [0, 0.1) is 0 Å². The van der Waals surface area contributed by atoms with Crippen molar-refractivity contribution >= 4 is 40.6 Å². The predicted molar refractivity (Wildman–Crippen MR) is 89.8 cm³/mol. The Morgan fingerprint density at radius 3 is 2.27 bits per heavy atom. The first kappa shape index (κ1) is 19.0. The van der Waals surface area contributed by atoms with E-state index in [2.05, 4.69) is 4.42 Å². The van der Waals surface area contributed by atoms with Crippen LogP contribution in [0.4, 0.5) is 0 Å². The van der Waals surface area contributed by atoms with Crippen molar-refractivity contribution in [3.8, 4) is 0 Å². The largest absolute Gasteiger partial charge is 0.473 e. The average molecular weight is 364 g/mol. The highest BCUT2D eigenvalue weighted by atomic mass is 35.6. The van der Waals surface area contributed by atoms with E-state index in [0.29, 0.717) is 24.0 Å². The van der Waals surface area contributed by atoms with Crippen LogP contribution in [0.5, 0.6) is 0 Å². The van der Waals surface area contributed by atoms with Crippen molar-refractivity contribution in [3.05, 3.63) is 59.5 Å². The average Bonchev–Trinajstić information content (AvgIpc) is 3.03. The van der Waals surface area contributed by atoms with Gasteiger partial charge in [0.15, 0.2) is 5.78 Å². The summed E-state index contributed by atoms with van der Waals surface area (Å²) in [6, 6.07) is 8.67. The highest BCUT2D eigenvalue weighted by Gasteiger charge is 2.26. The molecule has 0 saturated carbocycles. The number of alkyl halides is 3. The summed E-state index contributed by atoms with van der Waals surface area (Å²) in [4.78, 5) is 11.3. The molecule has 0 aliphatic rings. The summed E-state index contributed by atoms with van der Waals surface area (Å²) in [5.74, 6) is -0.0360.